The van der Waals surface area contributed by atoms with Crippen LogP contribution in [0.1, 0.15) is 17.3 Å². The topological polar surface area (TPSA) is 83.0 Å². The summed E-state index contributed by atoms with van der Waals surface area (Å²) < 4.78 is 18.0. The lowest BCUT2D eigenvalue weighted by atomic mass is 10.2. The molecule has 0 saturated carbocycles. The molecule has 1 aromatic heterocycles. The molecule has 0 atom stereocenters. The second kappa shape index (κ2) is 6.38. The first-order valence-electron chi connectivity index (χ1n) is 6.58. The van der Waals surface area contributed by atoms with Gasteiger partial charge in [0, 0.05) is 26.2 Å². The average Bonchev–Trinajstić information content (AvgIpc) is 2.47. The Labute approximate surface area is 120 Å². The maximum atomic E-state index is 13.1. The molecular formula is C13H16FN3O4. The van der Waals surface area contributed by atoms with Crippen molar-refractivity contribution in [3.63, 3.8) is 0 Å². The third-order valence-corrected chi connectivity index (χ3v) is 3.17. The minimum absolute atomic E-state index is 0.181. The van der Waals surface area contributed by atoms with Crippen molar-refractivity contribution in [2.24, 2.45) is 0 Å². The van der Waals surface area contributed by atoms with Crippen molar-refractivity contribution >= 4 is 17.9 Å². The number of carboxylic acid groups (broad SMARTS) is 1. The Bertz CT molecular complexity index is 544. The summed E-state index contributed by atoms with van der Waals surface area (Å²) >= 11 is 0. The van der Waals surface area contributed by atoms with Gasteiger partial charge in [-0.05, 0) is 13.0 Å². The van der Waals surface area contributed by atoms with E-state index >= 15 is 0 Å². The van der Waals surface area contributed by atoms with E-state index in [0.717, 1.165) is 12.3 Å². The summed E-state index contributed by atoms with van der Waals surface area (Å²) in [4.78, 5) is 29.9. The van der Waals surface area contributed by atoms with Gasteiger partial charge in [0.05, 0.1) is 12.8 Å². The molecule has 0 radical (unpaired) electrons. The molecule has 1 aliphatic rings. The number of piperazine rings is 1. The van der Waals surface area contributed by atoms with E-state index in [2.05, 4.69) is 4.98 Å². The minimum Gasteiger partial charge on any atom is -0.478 e. The number of aromatic nitrogens is 1. The third kappa shape index (κ3) is 3.39. The van der Waals surface area contributed by atoms with Crippen molar-refractivity contribution in [3.8, 4) is 0 Å². The van der Waals surface area contributed by atoms with Gasteiger partial charge in [0.1, 0.15) is 17.2 Å². The minimum atomic E-state index is -1.23. The Morgan fingerprint density at radius 3 is 2.62 bits per heavy atom. The molecule has 1 saturated heterocycles. The SMILES string of the molecule is CCOC(=O)N1CCN(c2ncc(F)cc2C(=O)O)CC1. The van der Waals surface area contributed by atoms with E-state index in [1.807, 2.05) is 0 Å². The van der Waals surface area contributed by atoms with Crippen LogP contribution in [0.3, 0.4) is 0 Å². The number of carboxylic acids is 1. The molecule has 1 N–H and O–H groups in total. The van der Waals surface area contributed by atoms with Gasteiger partial charge in [-0.2, -0.15) is 0 Å². The molecule has 1 aromatic rings. The van der Waals surface area contributed by atoms with Crippen molar-refractivity contribution in [3.05, 3.63) is 23.6 Å². The molecule has 0 aromatic carbocycles. The summed E-state index contributed by atoms with van der Waals surface area (Å²) in [6.45, 7) is 3.67. The van der Waals surface area contributed by atoms with E-state index in [9.17, 15) is 14.0 Å². The zero-order chi connectivity index (χ0) is 15.4. The van der Waals surface area contributed by atoms with Crippen LogP contribution in [-0.2, 0) is 4.74 Å². The number of anilines is 1. The lowest BCUT2D eigenvalue weighted by Crippen LogP contribution is -2.49. The van der Waals surface area contributed by atoms with Crippen molar-refractivity contribution < 1.29 is 23.8 Å². The van der Waals surface area contributed by atoms with Crippen LogP contribution in [0.2, 0.25) is 0 Å². The lowest BCUT2D eigenvalue weighted by molar-refractivity contribution is 0.0695. The number of hydrogen-bond acceptors (Lipinski definition) is 5. The van der Waals surface area contributed by atoms with Gasteiger partial charge in [-0.3, -0.25) is 0 Å². The van der Waals surface area contributed by atoms with Crippen LogP contribution in [0.15, 0.2) is 12.3 Å². The van der Waals surface area contributed by atoms with Crippen molar-refractivity contribution in [1.82, 2.24) is 9.88 Å². The number of rotatable bonds is 3. The number of amides is 1. The molecule has 7 nitrogen and oxygen atoms in total. The van der Waals surface area contributed by atoms with Gasteiger partial charge < -0.3 is 19.6 Å². The van der Waals surface area contributed by atoms with E-state index in [1.165, 1.54) is 0 Å². The second-order valence-electron chi connectivity index (χ2n) is 4.50. The normalized spacial score (nSPS) is 15.0. The Kier molecular flexibility index (Phi) is 4.56. The number of aromatic carboxylic acids is 1. The Morgan fingerprint density at radius 1 is 1.38 bits per heavy atom. The number of nitrogens with zero attached hydrogens (tertiary/aromatic N) is 3. The zero-order valence-electron chi connectivity index (χ0n) is 11.6. The zero-order valence-corrected chi connectivity index (χ0v) is 11.6. The molecule has 114 valence electrons. The maximum absolute atomic E-state index is 13.1. The van der Waals surface area contributed by atoms with Gasteiger partial charge in [-0.1, -0.05) is 0 Å². The summed E-state index contributed by atoms with van der Waals surface area (Å²) in [7, 11) is 0. The molecule has 0 bridgehead atoms. The molecule has 21 heavy (non-hydrogen) atoms. The molecule has 1 amide bonds. The highest BCUT2D eigenvalue weighted by Gasteiger charge is 2.25. The number of halogens is 1. The highest BCUT2D eigenvalue weighted by Crippen LogP contribution is 2.20. The van der Waals surface area contributed by atoms with E-state index in [1.54, 1.807) is 16.7 Å². The first kappa shape index (κ1) is 15.0. The fourth-order valence-corrected chi connectivity index (χ4v) is 2.16. The standard InChI is InChI=1S/C13H16FN3O4/c1-2-21-13(20)17-5-3-16(4-6-17)11-10(12(18)19)7-9(14)8-15-11/h7-8H,2-6H2,1H3,(H,18,19). The van der Waals surface area contributed by atoms with E-state index in [0.29, 0.717) is 32.8 Å². The maximum Gasteiger partial charge on any atom is 0.409 e. The number of carbonyl (C=O) groups is 2. The van der Waals surface area contributed by atoms with Crippen LogP contribution in [0.5, 0.6) is 0 Å². The van der Waals surface area contributed by atoms with E-state index in [-0.39, 0.29) is 17.5 Å². The number of hydrogen-bond donors (Lipinski definition) is 1. The highest BCUT2D eigenvalue weighted by atomic mass is 19.1. The molecule has 0 unspecified atom stereocenters. The van der Waals surface area contributed by atoms with Crippen LogP contribution in [0.4, 0.5) is 15.0 Å². The summed E-state index contributed by atoms with van der Waals surface area (Å²) in [5, 5.41) is 9.11. The summed E-state index contributed by atoms with van der Waals surface area (Å²) in [5.74, 6) is -1.71. The summed E-state index contributed by atoms with van der Waals surface area (Å²) in [5.41, 5.74) is -0.181. The fourth-order valence-electron chi connectivity index (χ4n) is 2.16. The number of pyridine rings is 1. The quantitative estimate of drug-likeness (QED) is 0.902. The predicted molar refractivity (Wildman–Crippen MR) is 72.0 cm³/mol. The number of ether oxygens (including phenoxy) is 1. The van der Waals surface area contributed by atoms with E-state index < -0.39 is 11.8 Å². The van der Waals surface area contributed by atoms with E-state index in [4.69, 9.17) is 9.84 Å². The van der Waals surface area contributed by atoms with Gasteiger partial charge in [0.15, 0.2) is 0 Å². The average molecular weight is 297 g/mol. The molecule has 0 spiro atoms. The largest absolute Gasteiger partial charge is 0.478 e. The molecule has 1 aliphatic heterocycles. The molecular weight excluding hydrogens is 281 g/mol. The number of carbonyl (C=O) groups excluding carboxylic acids is 1. The fraction of sp³-hybridized carbons (Fsp3) is 0.462. The Morgan fingerprint density at radius 2 is 2.05 bits per heavy atom. The van der Waals surface area contributed by atoms with Crippen LogP contribution in [0, 0.1) is 5.82 Å². The van der Waals surface area contributed by atoms with Crippen molar-refractivity contribution in [2.45, 2.75) is 6.92 Å². The van der Waals surface area contributed by atoms with Crippen LogP contribution in [-0.4, -0.2) is 59.8 Å². The predicted octanol–water partition coefficient (Wildman–Crippen LogP) is 1.20. The van der Waals surface area contributed by atoms with Gasteiger partial charge in [0.25, 0.3) is 0 Å². The Hall–Kier alpha value is -2.38. The van der Waals surface area contributed by atoms with Crippen LogP contribution < -0.4 is 4.90 Å². The molecule has 2 rings (SSSR count). The van der Waals surface area contributed by atoms with Crippen LogP contribution in [0.25, 0.3) is 0 Å². The van der Waals surface area contributed by atoms with Gasteiger partial charge in [-0.15, -0.1) is 0 Å². The summed E-state index contributed by atoms with van der Waals surface area (Å²) in [6, 6.07) is 0.947. The second-order valence-corrected chi connectivity index (χ2v) is 4.50. The molecule has 8 heteroatoms. The third-order valence-electron chi connectivity index (χ3n) is 3.17. The van der Waals surface area contributed by atoms with Crippen molar-refractivity contribution in [2.75, 3.05) is 37.7 Å². The van der Waals surface area contributed by atoms with Gasteiger partial charge >= 0.3 is 12.1 Å². The first-order chi connectivity index (χ1) is 10.0. The first-order valence-corrected chi connectivity index (χ1v) is 6.58. The van der Waals surface area contributed by atoms with Gasteiger partial charge in [0.2, 0.25) is 0 Å². The summed E-state index contributed by atoms with van der Waals surface area (Å²) in [6.07, 6.45) is 0.599. The monoisotopic (exact) mass is 297 g/mol. The van der Waals surface area contributed by atoms with Crippen molar-refractivity contribution in [1.29, 1.82) is 0 Å². The van der Waals surface area contributed by atoms with Gasteiger partial charge in [-0.25, -0.2) is 19.0 Å². The Balaban J connectivity index is 2.09. The highest BCUT2D eigenvalue weighted by molar-refractivity contribution is 5.93. The van der Waals surface area contributed by atoms with Crippen LogP contribution >= 0.6 is 0 Å². The molecule has 0 aliphatic carbocycles. The smallest absolute Gasteiger partial charge is 0.409 e. The molecule has 2 heterocycles. The molecule has 1 fully saturated rings. The lowest BCUT2D eigenvalue weighted by Gasteiger charge is -2.35.